The smallest absolute Gasteiger partial charge is 0.164 e. The summed E-state index contributed by atoms with van der Waals surface area (Å²) >= 11 is 0. The largest absolute Gasteiger partial charge is 0.305 e. The van der Waals surface area contributed by atoms with Gasteiger partial charge in [0.1, 0.15) is 6.33 Å². The maximum absolute atomic E-state index is 11.6. The average molecular weight is 288 g/mol. The van der Waals surface area contributed by atoms with Crippen LogP contribution in [0.4, 0.5) is 0 Å². The van der Waals surface area contributed by atoms with Gasteiger partial charge in [-0.2, -0.15) is 5.10 Å². The molecule has 0 aromatic carbocycles. The normalized spacial score (nSPS) is 12.8. The molecule has 0 aliphatic rings. The Bertz CT molecular complexity index is 488. The number of sulfone groups is 1. The highest BCUT2D eigenvalue weighted by atomic mass is 32.2. The second-order valence-corrected chi connectivity index (χ2v) is 7.98. The van der Waals surface area contributed by atoms with Crippen molar-refractivity contribution in [3.63, 3.8) is 0 Å². The summed E-state index contributed by atoms with van der Waals surface area (Å²) in [6, 6.07) is 0. The fraction of sp³-hybridized carbons (Fsp3) is 0.833. The van der Waals surface area contributed by atoms with E-state index in [0.717, 1.165) is 0 Å². The zero-order chi connectivity index (χ0) is 14.5. The number of hydrogen-bond acceptors (Lipinski definition) is 5. The molecule has 1 heterocycles. The molecule has 0 atom stereocenters. The minimum Gasteiger partial charge on any atom is -0.305 e. The number of nitrogens with zero attached hydrogens (tertiary/aromatic N) is 3. The van der Waals surface area contributed by atoms with E-state index < -0.39 is 9.84 Å². The first-order valence-corrected chi connectivity index (χ1v) is 8.38. The van der Waals surface area contributed by atoms with Gasteiger partial charge in [-0.25, -0.2) is 13.4 Å². The lowest BCUT2D eigenvalue weighted by atomic mass is 10.1. The Labute approximate surface area is 115 Å². The van der Waals surface area contributed by atoms with E-state index in [4.69, 9.17) is 0 Å². The monoisotopic (exact) mass is 288 g/mol. The molecule has 1 rings (SSSR count). The molecule has 0 fully saturated rings. The van der Waals surface area contributed by atoms with E-state index >= 15 is 0 Å². The molecule has 19 heavy (non-hydrogen) atoms. The van der Waals surface area contributed by atoms with Crippen LogP contribution in [0.2, 0.25) is 0 Å². The number of rotatable bonds is 7. The van der Waals surface area contributed by atoms with Gasteiger partial charge in [0.05, 0.1) is 18.8 Å². The SMILES string of the molecule is CCCS(=O)(=O)CCn1cnc(CNC(C)(C)C)n1. The quantitative estimate of drug-likeness (QED) is 0.809. The highest BCUT2D eigenvalue weighted by molar-refractivity contribution is 7.91. The molecule has 0 saturated carbocycles. The van der Waals surface area contributed by atoms with Gasteiger partial charge in [0.2, 0.25) is 0 Å². The van der Waals surface area contributed by atoms with Gasteiger partial charge in [0.15, 0.2) is 15.7 Å². The lowest BCUT2D eigenvalue weighted by molar-refractivity contribution is 0.416. The van der Waals surface area contributed by atoms with Gasteiger partial charge in [0.25, 0.3) is 0 Å². The molecule has 0 saturated heterocycles. The lowest BCUT2D eigenvalue weighted by Crippen LogP contribution is -2.35. The summed E-state index contributed by atoms with van der Waals surface area (Å²) in [7, 11) is -2.96. The maximum atomic E-state index is 11.6. The van der Waals surface area contributed by atoms with Crippen LogP contribution < -0.4 is 5.32 Å². The van der Waals surface area contributed by atoms with Crippen molar-refractivity contribution >= 4 is 9.84 Å². The Hall–Kier alpha value is -0.950. The zero-order valence-corrected chi connectivity index (χ0v) is 13.0. The first-order valence-electron chi connectivity index (χ1n) is 6.55. The molecule has 110 valence electrons. The Morgan fingerprint density at radius 3 is 2.58 bits per heavy atom. The summed E-state index contributed by atoms with van der Waals surface area (Å²) in [4.78, 5) is 4.16. The Balaban J connectivity index is 2.47. The Morgan fingerprint density at radius 1 is 1.32 bits per heavy atom. The van der Waals surface area contributed by atoms with Crippen molar-refractivity contribution < 1.29 is 8.42 Å². The minimum atomic E-state index is -2.96. The van der Waals surface area contributed by atoms with E-state index in [0.29, 0.717) is 25.3 Å². The summed E-state index contributed by atoms with van der Waals surface area (Å²) in [5.74, 6) is 1.04. The molecule has 0 unspecified atom stereocenters. The number of aromatic nitrogens is 3. The van der Waals surface area contributed by atoms with E-state index in [2.05, 4.69) is 36.2 Å². The molecular formula is C12H24N4O2S. The minimum absolute atomic E-state index is 0.00985. The van der Waals surface area contributed by atoms with Crippen molar-refractivity contribution in [3.8, 4) is 0 Å². The van der Waals surface area contributed by atoms with Gasteiger partial charge in [-0.1, -0.05) is 6.92 Å². The molecule has 0 bridgehead atoms. The summed E-state index contributed by atoms with van der Waals surface area (Å²) in [5.41, 5.74) is 0.00985. The standard InChI is InChI=1S/C12H24N4O2S/c1-5-7-19(17,18)8-6-16-10-13-11(15-16)9-14-12(2,3)4/h10,14H,5-9H2,1-4H3. The third-order valence-corrected chi connectivity index (χ3v) is 4.34. The maximum Gasteiger partial charge on any atom is 0.164 e. The van der Waals surface area contributed by atoms with Crippen molar-refractivity contribution in [1.82, 2.24) is 20.1 Å². The number of nitrogens with one attached hydrogen (secondary N) is 1. The summed E-state index contributed by atoms with van der Waals surface area (Å²) in [6.07, 6.45) is 2.24. The molecule has 0 aliphatic heterocycles. The van der Waals surface area contributed by atoms with Crippen LogP contribution in [0.5, 0.6) is 0 Å². The fourth-order valence-corrected chi connectivity index (χ4v) is 2.80. The molecule has 1 N–H and O–H groups in total. The molecule has 0 amide bonds. The predicted molar refractivity (Wildman–Crippen MR) is 75.6 cm³/mol. The van der Waals surface area contributed by atoms with Crippen molar-refractivity contribution in [2.24, 2.45) is 0 Å². The van der Waals surface area contributed by atoms with E-state index in [9.17, 15) is 8.42 Å². The third kappa shape index (κ3) is 6.68. The lowest BCUT2D eigenvalue weighted by Gasteiger charge is -2.19. The highest BCUT2D eigenvalue weighted by Crippen LogP contribution is 2.01. The average Bonchev–Trinajstić information content (AvgIpc) is 2.71. The highest BCUT2D eigenvalue weighted by Gasteiger charge is 2.12. The topological polar surface area (TPSA) is 76.9 Å². The van der Waals surface area contributed by atoms with Crippen molar-refractivity contribution in [1.29, 1.82) is 0 Å². The number of aryl methyl sites for hydroxylation is 1. The Kier molecular flexibility index (Phi) is 5.49. The molecule has 0 aliphatic carbocycles. The van der Waals surface area contributed by atoms with Crippen LogP contribution in [0.25, 0.3) is 0 Å². The van der Waals surface area contributed by atoms with Crippen molar-refractivity contribution in [3.05, 3.63) is 12.2 Å². The van der Waals surface area contributed by atoms with E-state index in [1.165, 1.54) is 0 Å². The van der Waals surface area contributed by atoms with Gasteiger partial charge in [-0.05, 0) is 27.2 Å². The second kappa shape index (κ2) is 6.47. The van der Waals surface area contributed by atoms with Crippen LogP contribution in [0.3, 0.4) is 0 Å². The van der Waals surface area contributed by atoms with Gasteiger partial charge < -0.3 is 5.32 Å². The van der Waals surface area contributed by atoms with E-state index in [-0.39, 0.29) is 17.0 Å². The first kappa shape index (κ1) is 16.1. The molecule has 1 aromatic heterocycles. The molecule has 7 heteroatoms. The van der Waals surface area contributed by atoms with Gasteiger partial charge in [0, 0.05) is 11.3 Å². The van der Waals surface area contributed by atoms with E-state index in [1.54, 1.807) is 11.0 Å². The summed E-state index contributed by atoms with van der Waals surface area (Å²) < 4.78 is 24.8. The summed E-state index contributed by atoms with van der Waals surface area (Å²) in [5, 5.41) is 7.54. The number of hydrogen-bond donors (Lipinski definition) is 1. The molecular weight excluding hydrogens is 264 g/mol. The fourth-order valence-electron chi connectivity index (χ4n) is 1.51. The predicted octanol–water partition coefficient (Wildman–Crippen LogP) is 0.991. The van der Waals surface area contributed by atoms with Crippen LogP contribution in [-0.2, 0) is 22.9 Å². The zero-order valence-electron chi connectivity index (χ0n) is 12.2. The van der Waals surface area contributed by atoms with Crippen LogP contribution in [0, 0.1) is 0 Å². The van der Waals surface area contributed by atoms with Crippen LogP contribution in [-0.4, -0.2) is 40.2 Å². The van der Waals surface area contributed by atoms with Gasteiger partial charge >= 0.3 is 0 Å². The van der Waals surface area contributed by atoms with Gasteiger partial charge in [-0.15, -0.1) is 0 Å². The molecule has 0 radical (unpaired) electrons. The third-order valence-electron chi connectivity index (χ3n) is 2.51. The van der Waals surface area contributed by atoms with Gasteiger partial charge in [-0.3, -0.25) is 4.68 Å². The van der Waals surface area contributed by atoms with Crippen LogP contribution >= 0.6 is 0 Å². The second-order valence-electron chi connectivity index (χ2n) is 5.68. The van der Waals surface area contributed by atoms with Crippen LogP contribution in [0.1, 0.15) is 39.9 Å². The van der Waals surface area contributed by atoms with E-state index in [1.807, 2.05) is 6.92 Å². The van der Waals surface area contributed by atoms with Crippen molar-refractivity contribution in [2.45, 2.75) is 52.7 Å². The van der Waals surface area contributed by atoms with Crippen LogP contribution in [0.15, 0.2) is 6.33 Å². The molecule has 0 spiro atoms. The first-order chi connectivity index (χ1) is 8.72. The molecule has 6 nitrogen and oxygen atoms in total. The summed E-state index contributed by atoms with van der Waals surface area (Å²) in [6.45, 7) is 9.02. The molecule has 1 aromatic rings. The van der Waals surface area contributed by atoms with Crippen molar-refractivity contribution in [2.75, 3.05) is 11.5 Å². The Morgan fingerprint density at radius 2 is 2.00 bits per heavy atom.